The van der Waals surface area contributed by atoms with Crippen LogP contribution in [0.25, 0.3) is 0 Å². The average molecular weight is 576 g/mol. The van der Waals surface area contributed by atoms with Gasteiger partial charge in [0.05, 0.1) is 31.3 Å². The summed E-state index contributed by atoms with van der Waals surface area (Å²) in [5.74, 6) is 0.238. The molecule has 3 saturated heterocycles. The normalized spacial score (nSPS) is 30.6. The molecule has 1 aliphatic carbocycles. The van der Waals surface area contributed by atoms with Crippen LogP contribution in [-0.2, 0) is 19.0 Å². The fraction of sp³-hybridized carbons (Fsp3) is 0.667. The Labute approximate surface area is 243 Å². The summed E-state index contributed by atoms with van der Waals surface area (Å²) in [4.78, 5) is 19.6. The molecule has 4 rings (SSSR count). The monoisotopic (exact) mass is 575 g/mol. The zero-order valence-electron chi connectivity index (χ0n) is 23.9. The molecular formula is C30H46ClN5O4. The Morgan fingerprint density at radius 3 is 2.80 bits per heavy atom. The lowest BCUT2D eigenvalue weighted by Crippen LogP contribution is -2.54. The highest BCUT2D eigenvalue weighted by atomic mass is 35.5. The van der Waals surface area contributed by atoms with Crippen LogP contribution in [0.3, 0.4) is 0 Å². The molecule has 3 aliphatic heterocycles. The van der Waals surface area contributed by atoms with Crippen molar-refractivity contribution in [2.75, 3.05) is 40.0 Å². The van der Waals surface area contributed by atoms with E-state index in [0.717, 1.165) is 56.6 Å². The molecule has 4 N–H and O–H groups in total. The third-order valence-corrected chi connectivity index (χ3v) is 8.82. The van der Waals surface area contributed by atoms with Gasteiger partial charge >= 0.3 is 0 Å². The predicted molar refractivity (Wildman–Crippen MR) is 159 cm³/mol. The summed E-state index contributed by atoms with van der Waals surface area (Å²) >= 11 is 6.09. The molecule has 0 saturated carbocycles. The first-order chi connectivity index (χ1) is 19.4. The third-order valence-electron chi connectivity index (χ3n) is 8.54. The Hall–Kier alpha value is -2.17. The summed E-state index contributed by atoms with van der Waals surface area (Å²) in [5, 5.41) is 7.93. The Morgan fingerprint density at radius 1 is 1.30 bits per heavy atom. The molecule has 0 aromatic carbocycles. The molecule has 3 fully saturated rings. The van der Waals surface area contributed by atoms with Crippen LogP contribution in [0.4, 0.5) is 0 Å². The summed E-state index contributed by atoms with van der Waals surface area (Å²) in [6.07, 6.45) is 14.4. The minimum atomic E-state index is -0.119. The second-order valence-corrected chi connectivity index (χ2v) is 11.6. The lowest BCUT2D eigenvalue weighted by molar-refractivity contribution is -0.128. The van der Waals surface area contributed by atoms with Crippen LogP contribution in [0.1, 0.15) is 51.9 Å². The molecule has 0 aromatic rings. The van der Waals surface area contributed by atoms with Gasteiger partial charge < -0.3 is 35.5 Å². The number of hydrogen-bond donors (Lipinski definition) is 3. The van der Waals surface area contributed by atoms with Gasteiger partial charge in [0.15, 0.2) is 0 Å². The molecule has 0 radical (unpaired) electrons. The molecule has 9 nitrogen and oxygen atoms in total. The number of nitrogens with two attached hydrogens (primary N) is 1. The molecule has 1 amide bonds. The van der Waals surface area contributed by atoms with Gasteiger partial charge in [0.25, 0.3) is 5.91 Å². The lowest BCUT2D eigenvalue weighted by atomic mass is 9.89. The van der Waals surface area contributed by atoms with Gasteiger partial charge in [0.1, 0.15) is 5.70 Å². The SMILES string of the molecule is C=C(NC[C@H]1CCC[C@@H](C2C=CC(Cl)=CC2)O1)/C(C)=C(\N=CN)C(=O)N1CCC(N[C@H]2CCOC[C@H]2OC)CC1. The van der Waals surface area contributed by atoms with Gasteiger partial charge in [-0.05, 0) is 57.9 Å². The molecule has 3 heterocycles. The third kappa shape index (κ3) is 8.19. The zero-order chi connectivity index (χ0) is 28.5. The van der Waals surface area contributed by atoms with Crippen LogP contribution >= 0.6 is 11.6 Å². The van der Waals surface area contributed by atoms with Crippen molar-refractivity contribution in [3.05, 3.63) is 46.8 Å². The van der Waals surface area contributed by atoms with Crippen molar-refractivity contribution in [3.8, 4) is 0 Å². The number of nitrogens with one attached hydrogen (secondary N) is 2. The highest BCUT2D eigenvalue weighted by Gasteiger charge is 2.32. The van der Waals surface area contributed by atoms with E-state index in [0.29, 0.717) is 55.2 Å². The maximum atomic E-state index is 13.5. The second-order valence-electron chi connectivity index (χ2n) is 11.2. The van der Waals surface area contributed by atoms with Crippen LogP contribution < -0.4 is 16.4 Å². The predicted octanol–water partition coefficient (Wildman–Crippen LogP) is 3.37. The number of nitrogens with zero attached hydrogens (tertiary/aromatic N) is 2. The van der Waals surface area contributed by atoms with E-state index in [-0.39, 0.29) is 30.3 Å². The summed E-state index contributed by atoms with van der Waals surface area (Å²) in [5.41, 5.74) is 7.34. The molecule has 4 aliphatic rings. The Bertz CT molecular complexity index is 1000. The largest absolute Gasteiger partial charge is 0.390 e. The van der Waals surface area contributed by atoms with Crippen molar-refractivity contribution in [2.45, 2.75) is 82.3 Å². The number of amides is 1. The fourth-order valence-electron chi connectivity index (χ4n) is 6.02. The van der Waals surface area contributed by atoms with Crippen molar-refractivity contribution in [1.29, 1.82) is 0 Å². The number of piperidine rings is 1. The lowest BCUT2D eigenvalue weighted by Gasteiger charge is -2.38. The second kappa shape index (κ2) is 15.2. The Morgan fingerprint density at radius 2 is 2.10 bits per heavy atom. The first-order valence-corrected chi connectivity index (χ1v) is 15.0. The van der Waals surface area contributed by atoms with Crippen LogP contribution in [0.2, 0.25) is 0 Å². The number of allylic oxidation sites excluding steroid dienone is 4. The van der Waals surface area contributed by atoms with Crippen LogP contribution in [0, 0.1) is 5.92 Å². The minimum Gasteiger partial charge on any atom is -0.390 e. The minimum absolute atomic E-state index is 0.0632. The molecule has 222 valence electrons. The van der Waals surface area contributed by atoms with Crippen molar-refractivity contribution in [3.63, 3.8) is 0 Å². The van der Waals surface area contributed by atoms with E-state index in [1.807, 2.05) is 17.9 Å². The van der Waals surface area contributed by atoms with Gasteiger partial charge in [-0.15, -0.1) is 0 Å². The van der Waals surface area contributed by atoms with Gasteiger partial charge in [-0.1, -0.05) is 30.3 Å². The molecular weight excluding hydrogens is 530 g/mol. The van der Waals surface area contributed by atoms with E-state index >= 15 is 0 Å². The van der Waals surface area contributed by atoms with Crippen LogP contribution in [0.5, 0.6) is 0 Å². The summed E-state index contributed by atoms with van der Waals surface area (Å²) in [7, 11) is 1.73. The van der Waals surface area contributed by atoms with Crippen molar-refractivity contribution in [2.24, 2.45) is 16.6 Å². The van der Waals surface area contributed by atoms with Gasteiger partial charge in [-0.2, -0.15) is 0 Å². The quantitative estimate of drug-likeness (QED) is 0.158. The maximum Gasteiger partial charge on any atom is 0.272 e. The number of hydrogen-bond acceptors (Lipinski definition) is 7. The highest BCUT2D eigenvalue weighted by molar-refractivity contribution is 6.31. The van der Waals surface area contributed by atoms with Gasteiger partial charge in [-0.25, -0.2) is 4.99 Å². The molecule has 0 bridgehead atoms. The van der Waals surface area contributed by atoms with Gasteiger partial charge in [-0.3, -0.25) is 4.79 Å². The average Bonchev–Trinajstić information content (AvgIpc) is 2.99. The summed E-state index contributed by atoms with van der Waals surface area (Å²) in [6.45, 7) is 9.37. The zero-order valence-corrected chi connectivity index (χ0v) is 24.7. The Balaban J connectivity index is 1.28. The molecule has 40 heavy (non-hydrogen) atoms. The van der Waals surface area contributed by atoms with E-state index in [4.69, 9.17) is 31.5 Å². The van der Waals surface area contributed by atoms with E-state index in [2.05, 4.69) is 34.4 Å². The van der Waals surface area contributed by atoms with E-state index in [1.165, 1.54) is 6.34 Å². The molecule has 0 spiro atoms. The fourth-order valence-corrected chi connectivity index (χ4v) is 6.18. The van der Waals surface area contributed by atoms with Crippen molar-refractivity contribution < 1.29 is 19.0 Å². The van der Waals surface area contributed by atoms with Crippen molar-refractivity contribution in [1.82, 2.24) is 15.5 Å². The molecule has 1 unspecified atom stereocenters. The highest BCUT2D eigenvalue weighted by Crippen LogP contribution is 2.31. The number of rotatable bonds is 10. The van der Waals surface area contributed by atoms with Crippen LogP contribution in [-0.4, -0.2) is 87.5 Å². The van der Waals surface area contributed by atoms with E-state index < -0.39 is 0 Å². The van der Waals surface area contributed by atoms with Crippen molar-refractivity contribution >= 4 is 23.8 Å². The topological polar surface area (TPSA) is 110 Å². The number of methoxy groups -OCH3 is 1. The number of aliphatic imine (C=N–C) groups is 1. The first-order valence-electron chi connectivity index (χ1n) is 14.6. The smallest absolute Gasteiger partial charge is 0.272 e. The molecule has 5 atom stereocenters. The number of ether oxygens (including phenoxy) is 3. The number of carbonyl (C=O) groups excluding carboxylic acids is 1. The van der Waals surface area contributed by atoms with E-state index in [1.54, 1.807) is 7.11 Å². The van der Waals surface area contributed by atoms with Gasteiger partial charge in [0, 0.05) is 67.7 Å². The summed E-state index contributed by atoms with van der Waals surface area (Å²) < 4.78 is 17.6. The van der Waals surface area contributed by atoms with Gasteiger partial charge in [0.2, 0.25) is 0 Å². The number of carbonyl (C=O) groups is 1. The molecule has 0 aromatic heterocycles. The standard InChI is InChI=1S/C30H46ClN5O4/c1-20(21(2)33-17-25-5-4-6-27(40-25)22-7-9-23(31)10-8-22)29(34-19-32)30(37)36-14-11-24(12-15-36)35-26-13-16-39-18-28(26)38-3/h7,9-10,19,22,24-28,33,35H,2,4-6,8,11-18H2,1,3H3,(H2,32,34)/b29-20-/t22?,25-,26+,27+,28-/m1/s1. The van der Waals surface area contributed by atoms with Crippen LogP contribution in [0.15, 0.2) is 51.8 Å². The number of halogens is 1. The molecule has 10 heteroatoms. The summed E-state index contributed by atoms with van der Waals surface area (Å²) in [6, 6.07) is 0.613. The maximum absolute atomic E-state index is 13.5. The Kier molecular flexibility index (Phi) is 11.7. The first kappa shape index (κ1) is 30.8. The number of likely N-dealkylation sites (tertiary alicyclic amines) is 1. The van der Waals surface area contributed by atoms with E-state index in [9.17, 15) is 4.79 Å².